The molecule has 1 aromatic heterocycles. The van der Waals surface area contributed by atoms with Crippen LogP contribution in [-0.4, -0.2) is 35.8 Å². The number of ether oxygens (including phenoxy) is 1. The van der Waals surface area contributed by atoms with Gasteiger partial charge in [-0.25, -0.2) is 0 Å². The predicted octanol–water partition coefficient (Wildman–Crippen LogP) is 1.49. The van der Waals surface area contributed by atoms with Crippen molar-refractivity contribution in [2.45, 2.75) is 13.0 Å². The molecule has 0 bridgehead atoms. The molecule has 0 aliphatic heterocycles. The molecule has 0 aliphatic rings. The largest absolute Gasteiger partial charge is 0.481 e. The number of aromatic nitrogens is 1. The van der Waals surface area contributed by atoms with E-state index >= 15 is 0 Å². The Balaban J connectivity index is 1.92. The number of methoxy groups -OCH3 is 1. The molecule has 1 amide bonds. The molecule has 0 spiro atoms. The van der Waals surface area contributed by atoms with E-state index in [1.54, 1.807) is 0 Å². The highest BCUT2D eigenvalue weighted by Gasteiger charge is 2.20. The van der Waals surface area contributed by atoms with Crippen LogP contribution >= 0.6 is 0 Å². The average Bonchev–Trinajstić information content (AvgIpc) is 3.01. The molecule has 0 aliphatic carbocycles. The van der Waals surface area contributed by atoms with Crippen molar-refractivity contribution in [1.82, 2.24) is 10.5 Å². The number of benzene rings is 1. The van der Waals surface area contributed by atoms with Gasteiger partial charge in [0, 0.05) is 19.7 Å². The summed E-state index contributed by atoms with van der Waals surface area (Å²) >= 11 is 0. The monoisotopic (exact) mass is 318 g/mol. The van der Waals surface area contributed by atoms with Gasteiger partial charge in [-0.2, -0.15) is 0 Å². The highest BCUT2D eigenvalue weighted by Crippen LogP contribution is 2.09. The number of carboxylic acids is 1. The van der Waals surface area contributed by atoms with E-state index in [1.807, 2.05) is 30.3 Å². The summed E-state index contributed by atoms with van der Waals surface area (Å²) in [5, 5.41) is 15.5. The van der Waals surface area contributed by atoms with Crippen LogP contribution in [0.15, 0.2) is 40.9 Å². The number of carbonyl (C=O) groups excluding carboxylic acids is 1. The number of hydrogen-bond donors (Lipinski definition) is 2. The van der Waals surface area contributed by atoms with Gasteiger partial charge in [0.2, 0.25) is 0 Å². The second-order valence-electron chi connectivity index (χ2n) is 5.05. The van der Waals surface area contributed by atoms with Gasteiger partial charge in [0.25, 0.3) is 5.91 Å². The van der Waals surface area contributed by atoms with Crippen molar-refractivity contribution >= 4 is 11.9 Å². The van der Waals surface area contributed by atoms with Crippen molar-refractivity contribution in [2.24, 2.45) is 5.92 Å². The predicted molar refractivity (Wildman–Crippen MR) is 80.8 cm³/mol. The zero-order valence-electron chi connectivity index (χ0n) is 12.7. The van der Waals surface area contributed by atoms with Gasteiger partial charge in [-0.15, -0.1) is 0 Å². The van der Waals surface area contributed by atoms with Crippen LogP contribution in [0, 0.1) is 5.92 Å². The molecule has 0 saturated heterocycles. The maximum absolute atomic E-state index is 12.0. The van der Waals surface area contributed by atoms with E-state index in [9.17, 15) is 14.7 Å². The number of amides is 1. The van der Waals surface area contributed by atoms with E-state index in [4.69, 9.17) is 9.26 Å². The fourth-order valence-electron chi connectivity index (χ4n) is 2.08. The van der Waals surface area contributed by atoms with Crippen molar-refractivity contribution < 1.29 is 24.0 Å². The highest BCUT2D eigenvalue weighted by atomic mass is 16.5. The van der Waals surface area contributed by atoms with Crippen LogP contribution in [0.2, 0.25) is 0 Å². The SMILES string of the molecule is COCc1cc(C(=O)NC[C@H](Cc2ccccc2)C(=O)O)no1. The van der Waals surface area contributed by atoms with Crippen LogP contribution in [0.1, 0.15) is 21.8 Å². The Labute approximate surface area is 133 Å². The molecule has 1 heterocycles. The number of aliphatic carboxylic acids is 1. The van der Waals surface area contributed by atoms with Crippen LogP contribution in [0.5, 0.6) is 0 Å². The van der Waals surface area contributed by atoms with Gasteiger partial charge < -0.3 is 19.7 Å². The zero-order chi connectivity index (χ0) is 16.7. The second-order valence-corrected chi connectivity index (χ2v) is 5.05. The van der Waals surface area contributed by atoms with Gasteiger partial charge in [0.15, 0.2) is 11.5 Å². The lowest BCUT2D eigenvalue weighted by Gasteiger charge is -2.12. The van der Waals surface area contributed by atoms with Gasteiger partial charge in [-0.1, -0.05) is 35.5 Å². The van der Waals surface area contributed by atoms with Crippen LogP contribution in [0.25, 0.3) is 0 Å². The summed E-state index contributed by atoms with van der Waals surface area (Å²) in [5.41, 5.74) is 0.999. The van der Waals surface area contributed by atoms with E-state index in [0.717, 1.165) is 5.56 Å². The molecule has 0 radical (unpaired) electrons. The number of rotatable bonds is 8. The molecule has 7 nitrogen and oxygen atoms in total. The first kappa shape index (κ1) is 16.7. The third kappa shape index (κ3) is 4.93. The fraction of sp³-hybridized carbons (Fsp3) is 0.312. The molecule has 122 valence electrons. The molecule has 1 aromatic carbocycles. The molecule has 2 rings (SSSR count). The molecular formula is C16H18N2O5. The minimum atomic E-state index is -0.964. The number of carbonyl (C=O) groups is 2. The number of hydrogen-bond acceptors (Lipinski definition) is 5. The first-order chi connectivity index (χ1) is 11.1. The molecule has 1 atom stereocenters. The lowest BCUT2D eigenvalue weighted by Crippen LogP contribution is -2.34. The minimum absolute atomic E-state index is 0.00946. The van der Waals surface area contributed by atoms with Gasteiger partial charge in [-0.05, 0) is 12.0 Å². The van der Waals surface area contributed by atoms with Gasteiger partial charge in [0.05, 0.1) is 5.92 Å². The summed E-state index contributed by atoms with van der Waals surface area (Å²) in [7, 11) is 1.50. The molecule has 0 saturated carbocycles. The quantitative estimate of drug-likeness (QED) is 0.764. The summed E-state index contributed by atoms with van der Waals surface area (Å²) < 4.78 is 9.80. The average molecular weight is 318 g/mol. The molecule has 23 heavy (non-hydrogen) atoms. The lowest BCUT2D eigenvalue weighted by atomic mass is 9.99. The van der Waals surface area contributed by atoms with Gasteiger partial charge in [-0.3, -0.25) is 9.59 Å². The second kappa shape index (κ2) is 8.09. The Kier molecular flexibility index (Phi) is 5.87. The summed E-state index contributed by atoms with van der Waals surface area (Å²) in [6, 6.07) is 10.7. The summed E-state index contributed by atoms with van der Waals surface area (Å²) in [5.74, 6) is -1.73. The molecule has 2 aromatic rings. The summed E-state index contributed by atoms with van der Waals surface area (Å²) in [4.78, 5) is 23.3. The molecule has 0 unspecified atom stereocenters. The van der Waals surface area contributed by atoms with Crippen molar-refractivity contribution in [3.63, 3.8) is 0 Å². The van der Waals surface area contributed by atoms with Crippen molar-refractivity contribution in [3.05, 3.63) is 53.4 Å². The Morgan fingerprint density at radius 1 is 1.35 bits per heavy atom. The zero-order valence-corrected chi connectivity index (χ0v) is 12.7. The third-order valence-electron chi connectivity index (χ3n) is 3.26. The summed E-state index contributed by atoms with van der Waals surface area (Å²) in [6.07, 6.45) is 0.337. The Morgan fingerprint density at radius 2 is 2.09 bits per heavy atom. The van der Waals surface area contributed by atoms with Gasteiger partial charge in [0.1, 0.15) is 6.61 Å². The van der Waals surface area contributed by atoms with E-state index in [2.05, 4.69) is 10.5 Å². The standard InChI is InChI=1S/C16H18N2O5/c1-22-10-13-8-14(18-23-13)15(19)17-9-12(16(20)21)7-11-5-3-2-4-6-11/h2-6,8,12H,7,9-10H2,1H3,(H,17,19)(H,20,21)/t12-/m0/s1. The first-order valence-corrected chi connectivity index (χ1v) is 7.09. The fourth-order valence-corrected chi connectivity index (χ4v) is 2.08. The maximum atomic E-state index is 12.0. The summed E-state index contributed by atoms with van der Waals surface area (Å²) in [6.45, 7) is 0.224. The van der Waals surface area contributed by atoms with E-state index in [1.165, 1.54) is 13.2 Å². The van der Waals surface area contributed by atoms with E-state index in [0.29, 0.717) is 12.2 Å². The van der Waals surface area contributed by atoms with Crippen molar-refractivity contribution in [1.29, 1.82) is 0 Å². The number of carboxylic acid groups (broad SMARTS) is 1. The van der Waals surface area contributed by atoms with Crippen LogP contribution < -0.4 is 5.32 Å². The maximum Gasteiger partial charge on any atom is 0.308 e. The Hall–Kier alpha value is -2.67. The number of nitrogens with zero attached hydrogens (tertiary/aromatic N) is 1. The Bertz CT molecular complexity index is 654. The van der Waals surface area contributed by atoms with Gasteiger partial charge >= 0.3 is 5.97 Å². The molecule has 2 N–H and O–H groups in total. The lowest BCUT2D eigenvalue weighted by molar-refractivity contribution is -0.141. The molecule has 0 fully saturated rings. The Morgan fingerprint density at radius 3 is 2.74 bits per heavy atom. The minimum Gasteiger partial charge on any atom is -0.481 e. The highest BCUT2D eigenvalue weighted by molar-refractivity contribution is 5.92. The van der Waals surface area contributed by atoms with E-state index in [-0.39, 0.29) is 18.8 Å². The smallest absolute Gasteiger partial charge is 0.308 e. The molecule has 7 heteroatoms. The third-order valence-corrected chi connectivity index (χ3v) is 3.26. The molecular weight excluding hydrogens is 300 g/mol. The number of nitrogens with one attached hydrogen (secondary N) is 1. The van der Waals surface area contributed by atoms with Crippen molar-refractivity contribution in [2.75, 3.05) is 13.7 Å². The van der Waals surface area contributed by atoms with Crippen LogP contribution in [0.4, 0.5) is 0 Å². The van der Waals surface area contributed by atoms with E-state index < -0.39 is 17.8 Å². The topological polar surface area (TPSA) is 102 Å². The van der Waals surface area contributed by atoms with Crippen molar-refractivity contribution in [3.8, 4) is 0 Å². The first-order valence-electron chi connectivity index (χ1n) is 7.09. The van der Waals surface area contributed by atoms with Crippen LogP contribution in [-0.2, 0) is 22.6 Å². The van der Waals surface area contributed by atoms with Crippen LogP contribution in [0.3, 0.4) is 0 Å². The normalized spacial score (nSPS) is 11.9.